The number of carbonyl (C=O) groups is 1. The van der Waals surface area contributed by atoms with Crippen LogP contribution in [0.1, 0.15) is 42.6 Å². The van der Waals surface area contributed by atoms with Crippen molar-refractivity contribution in [3.05, 3.63) is 35.4 Å². The topological polar surface area (TPSA) is 64.0 Å². The Morgan fingerprint density at radius 3 is 2.75 bits per heavy atom. The van der Waals surface area contributed by atoms with E-state index in [9.17, 15) is 15.0 Å². The summed E-state index contributed by atoms with van der Waals surface area (Å²) in [6, 6.07) is 7.92. The van der Waals surface area contributed by atoms with Gasteiger partial charge in [0.05, 0.1) is 5.60 Å². The number of likely N-dealkylation sites (N-methyl/N-ethyl adjacent to an activating group) is 1. The van der Waals surface area contributed by atoms with E-state index >= 15 is 0 Å². The molecule has 5 heteroatoms. The second-order valence-corrected chi connectivity index (χ2v) is 7.41. The molecule has 1 fully saturated rings. The predicted octanol–water partition coefficient (Wildman–Crippen LogP) is 1.53. The molecule has 0 radical (unpaired) electrons. The van der Waals surface area contributed by atoms with Crippen LogP contribution in [0.3, 0.4) is 0 Å². The Morgan fingerprint density at radius 1 is 1.33 bits per heavy atom. The molecule has 1 amide bonds. The molecule has 5 nitrogen and oxygen atoms in total. The molecule has 0 spiro atoms. The van der Waals surface area contributed by atoms with Gasteiger partial charge in [-0.05, 0) is 57.9 Å². The molecule has 1 heterocycles. The van der Waals surface area contributed by atoms with Crippen molar-refractivity contribution in [1.29, 1.82) is 0 Å². The fourth-order valence-electron chi connectivity index (χ4n) is 3.08. The molecule has 2 rings (SSSR count). The van der Waals surface area contributed by atoms with Crippen molar-refractivity contribution in [3.8, 4) is 0 Å². The Balaban J connectivity index is 2.04. The van der Waals surface area contributed by atoms with Crippen molar-refractivity contribution in [2.45, 2.75) is 44.8 Å². The van der Waals surface area contributed by atoms with Crippen molar-refractivity contribution >= 4 is 5.91 Å². The lowest BCUT2D eigenvalue weighted by Gasteiger charge is -2.39. The number of hydrogen-bond donors (Lipinski definition) is 2. The van der Waals surface area contributed by atoms with E-state index in [4.69, 9.17) is 0 Å². The van der Waals surface area contributed by atoms with Gasteiger partial charge in [0, 0.05) is 37.8 Å². The predicted molar refractivity (Wildman–Crippen MR) is 95.1 cm³/mol. The van der Waals surface area contributed by atoms with E-state index in [1.807, 2.05) is 36.2 Å². The molecule has 24 heavy (non-hydrogen) atoms. The third-order valence-corrected chi connectivity index (χ3v) is 4.73. The second-order valence-electron chi connectivity index (χ2n) is 7.41. The molecule has 1 atom stereocenters. The molecule has 1 aromatic rings. The van der Waals surface area contributed by atoms with Gasteiger partial charge in [-0.3, -0.25) is 9.69 Å². The molecule has 1 aliphatic rings. The lowest BCUT2D eigenvalue weighted by molar-refractivity contribution is 0.0500. The number of piperazine rings is 1. The van der Waals surface area contributed by atoms with Gasteiger partial charge in [-0.2, -0.15) is 0 Å². The zero-order valence-corrected chi connectivity index (χ0v) is 15.0. The Kier molecular flexibility index (Phi) is 6.38. The number of aliphatic hydroxyl groups is 2. The van der Waals surface area contributed by atoms with Gasteiger partial charge in [-0.1, -0.05) is 12.1 Å². The van der Waals surface area contributed by atoms with Crippen LogP contribution in [0, 0.1) is 0 Å². The molecule has 0 saturated carbocycles. The average Bonchev–Trinajstić information content (AvgIpc) is 2.54. The quantitative estimate of drug-likeness (QED) is 0.828. The van der Waals surface area contributed by atoms with Crippen LogP contribution in [-0.4, -0.2) is 70.9 Å². The SMILES string of the molecule is CN1CCN(C(=O)c2cccc(CCC(C)(C)O)c2)CC1CCO. The first kappa shape index (κ1) is 18.9. The summed E-state index contributed by atoms with van der Waals surface area (Å²) in [6.45, 7) is 5.94. The van der Waals surface area contributed by atoms with E-state index in [1.54, 1.807) is 13.8 Å². The molecular weight excluding hydrogens is 304 g/mol. The fraction of sp³-hybridized carbons (Fsp3) is 0.632. The van der Waals surface area contributed by atoms with E-state index in [0.717, 1.165) is 18.5 Å². The standard InChI is InChI=1S/C19H30N2O3/c1-19(2,24)9-7-15-5-4-6-16(13-15)18(23)21-11-10-20(3)17(14-21)8-12-22/h4-6,13,17,22,24H,7-12,14H2,1-3H3. The molecule has 0 bridgehead atoms. The van der Waals surface area contributed by atoms with Crippen LogP contribution in [0.2, 0.25) is 0 Å². The number of nitrogens with zero attached hydrogens (tertiary/aromatic N) is 2. The number of amides is 1. The van der Waals surface area contributed by atoms with Gasteiger partial charge in [0.25, 0.3) is 5.91 Å². The number of carbonyl (C=O) groups excluding carboxylic acids is 1. The van der Waals surface area contributed by atoms with Crippen molar-refractivity contribution in [2.24, 2.45) is 0 Å². The van der Waals surface area contributed by atoms with Gasteiger partial charge in [-0.15, -0.1) is 0 Å². The maximum Gasteiger partial charge on any atom is 0.253 e. The Labute approximate surface area is 144 Å². The zero-order chi connectivity index (χ0) is 17.7. The Morgan fingerprint density at radius 2 is 2.08 bits per heavy atom. The van der Waals surface area contributed by atoms with Crippen LogP contribution in [0.4, 0.5) is 0 Å². The first-order valence-corrected chi connectivity index (χ1v) is 8.72. The van der Waals surface area contributed by atoms with Crippen LogP contribution in [-0.2, 0) is 6.42 Å². The fourth-order valence-corrected chi connectivity index (χ4v) is 3.08. The van der Waals surface area contributed by atoms with Gasteiger partial charge in [-0.25, -0.2) is 0 Å². The zero-order valence-electron chi connectivity index (χ0n) is 15.0. The van der Waals surface area contributed by atoms with E-state index in [1.165, 1.54) is 0 Å². The van der Waals surface area contributed by atoms with Crippen LogP contribution >= 0.6 is 0 Å². The summed E-state index contributed by atoms with van der Waals surface area (Å²) in [6.07, 6.45) is 2.10. The van der Waals surface area contributed by atoms with Crippen molar-refractivity contribution < 1.29 is 15.0 Å². The Bertz CT molecular complexity index is 554. The van der Waals surface area contributed by atoms with Crippen molar-refractivity contribution in [2.75, 3.05) is 33.3 Å². The monoisotopic (exact) mass is 334 g/mol. The highest BCUT2D eigenvalue weighted by Gasteiger charge is 2.27. The highest BCUT2D eigenvalue weighted by atomic mass is 16.3. The highest BCUT2D eigenvalue weighted by molar-refractivity contribution is 5.94. The molecule has 2 N–H and O–H groups in total. The molecule has 1 unspecified atom stereocenters. The summed E-state index contributed by atoms with van der Waals surface area (Å²) >= 11 is 0. The molecule has 1 aliphatic heterocycles. The summed E-state index contributed by atoms with van der Waals surface area (Å²) in [4.78, 5) is 16.9. The minimum absolute atomic E-state index is 0.0520. The lowest BCUT2D eigenvalue weighted by atomic mass is 9.97. The van der Waals surface area contributed by atoms with Crippen LogP contribution < -0.4 is 0 Å². The van der Waals surface area contributed by atoms with E-state index < -0.39 is 5.60 Å². The van der Waals surface area contributed by atoms with E-state index in [0.29, 0.717) is 31.5 Å². The van der Waals surface area contributed by atoms with Crippen LogP contribution in [0.25, 0.3) is 0 Å². The summed E-state index contributed by atoms with van der Waals surface area (Å²) in [5.41, 5.74) is 1.08. The summed E-state index contributed by atoms with van der Waals surface area (Å²) < 4.78 is 0. The molecular formula is C19H30N2O3. The van der Waals surface area contributed by atoms with Gasteiger partial charge in [0.2, 0.25) is 0 Å². The van der Waals surface area contributed by atoms with Crippen molar-refractivity contribution in [3.63, 3.8) is 0 Å². The van der Waals surface area contributed by atoms with Crippen LogP contribution in [0.15, 0.2) is 24.3 Å². The third-order valence-electron chi connectivity index (χ3n) is 4.73. The first-order chi connectivity index (χ1) is 11.3. The number of aliphatic hydroxyl groups excluding tert-OH is 1. The van der Waals surface area contributed by atoms with Gasteiger partial charge < -0.3 is 15.1 Å². The molecule has 1 saturated heterocycles. The first-order valence-electron chi connectivity index (χ1n) is 8.72. The summed E-state index contributed by atoms with van der Waals surface area (Å²) in [5, 5.41) is 19.1. The average molecular weight is 334 g/mol. The number of rotatable bonds is 6. The summed E-state index contributed by atoms with van der Waals surface area (Å²) in [5.74, 6) is 0.0520. The van der Waals surface area contributed by atoms with Crippen LogP contribution in [0.5, 0.6) is 0 Å². The van der Waals surface area contributed by atoms with Crippen molar-refractivity contribution in [1.82, 2.24) is 9.80 Å². The van der Waals surface area contributed by atoms with Gasteiger partial charge in [0.1, 0.15) is 0 Å². The number of hydrogen-bond acceptors (Lipinski definition) is 4. The molecule has 0 aliphatic carbocycles. The largest absolute Gasteiger partial charge is 0.396 e. The van der Waals surface area contributed by atoms with E-state index in [2.05, 4.69) is 4.90 Å². The maximum absolute atomic E-state index is 12.8. The smallest absolute Gasteiger partial charge is 0.253 e. The minimum atomic E-state index is -0.699. The third kappa shape index (κ3) is 5.30. The van der Waals surface area contributed by atoms with E-state index in [-0.39, 0.29) is 18.6 Å². The maximum atomic E-state index is 12.8. The number of aryl methyl sites for hydroxylation is 1. The molecule has 0 aromatic heterocycles. The molecule has 1 aromatic carbocycles. The second kappa shape index (κ2) is 8.10. The Hall–Kier alpha value is -1.43. The molecule has 134 valence electrons. The lowest BCUT2D eigenvalue weighted by Crippen LogP contribution is -2.53. The minimum Gasteiger partial charge on any atom is -0.396 e. The highest BCUT2D eigenvalue weighted by Crippen LogP contribution is 2.17. The van der Waals surface area contributed by atoms with Gasteiger partial charge >= 0.3 is 0 Å². The number of benzene rings is 1. The summed E-state index contributed by atoms with van der Waals surface area (Å²) in [7, 11) is 2.04. The van der Waals surface area contributed by atoms with Gasteiger partial charge in [0.15, 0.2) is 0 Å². The normalized spacial score (nSPS) is 19.5.